The molecule has 0 spiro atoms. The zero-order valence-electron chi connectivity index (χ0n) is 10.8. The van der Waals surface area contributed by atoms with Crippen LogP contribution in [0.2, 0.25) is 0 Å². The summed E-state index contributed by atoms with van der Waals surface area (Å²) in [4.78, 5) is 8.12. The molecule has 3 rings (SSSR count). The average molecular weight is 311 g/mol. The standard InChI is InChI=1S/C14H19BrN2O/c1-16-8-11-9-18-17(2)14(11)7-13(16)10-4-3-5-12(15)6-10/h3-6,11,13-14H,7-9H2,1-2H3/t11-,13-,14-/m0/s1. The molecule has 3 atom stereocenters. The van der Waals surface area contributed by atoms with Crippen LogP contribution in [0.4, 0.5) is 0 Å². The van der Waals surface area contributed by atoms with Crippen LogP contribution in [0.25, 0.3) is 0 Å². The first kappa shape index (κ1) is 12.6. The van der Waals surface area contributed by atoms with Crippen LogP contribution in [0.5, 0.6) is 0 Å². The van der Waals surface area contributed by atoms with Crippen molar-refractivity contribution in [2.75, 3.05) is 27.2 Å². The zero-order valence-corrected chi connectivity index (χ0v) is 12.4. The number of halogens is 1. The fraction of sp³-hybridized carbons (Fsp3) is 0.571. The van der Waals surface area contributed by atoms with Gasteiger partial charge in [-0.05, 0) is 31.2 Å². The van der Waals surface area contributed by atoms with E-state index in [4.69, 9.17) is 4.84 Å². The topological polar surface area (TPSA) is 15.7 Å². The van der Waals surface area contributed by atoms with Crippen LogP contribution in [0.3, 0.4) is 0 Å². The van der Waals surface area contributed by atoms with E-state index in [1.54, 1.807) is 0 Å². The van der Waals surface area contributed by atoms with Gasteiger partial charge in [-0.3, -0.25) is 9.74 Å². The Balaban J connectivity index is 1.84. The van der Waals surface area contributed by atoms with Crippen molar-refractivity contribution in [2.24, 2.45) is 5.92 Å². The minimum Gasteiger partial charge on any atom is -0.299 e. The van der Waals surface area contributed by atoms with Crippen molar-refractivity contribution >= 4 is 15.9 Å². The highest BCUT2D eigenvalue weighted by molar-refractivity contribution is 9.10. The Morgan fingerprint density at radius 2 is 2.17 bits per heavy atom. The lowest BCUT2D eigenvalue weighted by Gasteiger charge is -2.40. The van der Waals surface area contributed by atoms with Gasteiger partial charge in [0.2, 0.25) is 0 Å². The number of benzene rings is 1. The minimum absolute atomic E-state index is 0.493. The molecule has 2 saturated heterocycles. The Morgan fingerprint density at radius 3 is 2.94 bits per heavy atom. The smallest absolute Gasteiger partial charge is 0.0741 e. The highest BCUT2D eigenvalue weighted by atomic mass is 79.9. The summed E-state index contributed by atoms with van der Waals surface area (Å²) < 4.78 is 1.16. The van der Waals surface area contributed by atoms with E-state index in [2.05, 4.69) is 64.3 Å². The van der Waals surface area contributed by atoms with E-state index >= 15 is 0 Å². The molecule has 0 radical (unpaired) electrons. The van der Waals surface area contributed by atoms with E-state index < -0.39 is 0 Å². The first-order valence-corrected chi connectivity index (χ1v) is 7.26. The van der Waals surface area contributed by atoms with E-state index in [1.165, 1.54) is 5.56 Å². The van der Waals surface area contributed by atoms with Gasteiger partial charge in [0.15, 0.2) is 0 Å². The highest BCUT2D eigenvalue weighted by Crippen LogP contribution is 2.38. The molecule has 98 valence electrons. The summed E-state index contributed by atoms with van der Waals surface area (Å²) in [6.07, 6.45) is 1.15. The number of nitrogens with zero attached hydrogens (tertiary/aromatic N) is 2. The quantitative estimate of drug-likeness (QED) is 0.793. The Morgan fingerprint density at radius 1 is 1.33 bits per heavy atom. The third-order valence-electron chi connectivity index (χ3n) is 4.26. The molecular formula is C14H19BrN2O. The maximum atomic E-state index is 5.65. The third kappa shape index (κ3) is 2.23. The van der Waals surface area contributed by atoms with E-state index in [0.29, 0.717) is 18.0 Å². The summed E-state index contributed by atoms with van der Waals surface area (Å²) in [5.41, 5.74) is 1.39. The first-order chi connectivity index (χ1) is 8.65. The van der Waals surface area contributed by atoms with Crippen LogP contribution < -0.4 is 0 Å². The number of piperidine rings is 1. The van der Waals surface area contributed by atoms with E-state index in [-0.39, 0.29) is 0 Å². The minimum atomic E-state index is 0.493. The average Bonchev–Trinajstić information content (AvgIpc) is 2.69. The molecule has 2 heterocycles. The molecule has 0 aliphatic carbocycles. The molecule has 0 bridgehead atoms. The molecule has 2 aliphatic rings. The Hall–Kier alpha value is -0.420. The second-order valence-electron chi connectivity index (χ2n) is 5.42. The molecule has 2 fully saturated rings. The first-order valence-electron chi connectivity index (χ1n) is 6.46. The van der Waals surface area contributed by atoms with Crippen LogP contribution in [0.15, 0.2) is 28.7 Å². The summed E-state index contributed by atoms with van der Waals surface area (Å²) in [5.74, 6) is 0.656. The Bertz CT molecular complexity index is 440. The summed E-state index contributed by atoms with van der Waals surface area (Å²) in [7, 11) is 4.29. The lowest BCUT2D eigenvalue weighted by Crippen LogP contribution is -2.45. The van der Waals surface area contributed by atoms with Crippen molar-refractivity contribution < 1.29 is 4.84 Å². The second-order valence-corrected chi connectivity index (χ2v) is 6.33. The van der Waals surface area contributed by atoms with E-state index in [1.807, 2.05) is 0 Å². The van der Waals surface area contributed by atoms with Crippen molar-refractivity contribution in [2.45, 2.75) is 18.5 Å². The van der Waals surface area contributed by atoms with Gasteiger partial charge in [-0.25, -0.2) is 0 Å². The van der Waals surface area contributed by atoms with Gasteiger partial charge in [0.1, 0.15) is 0 Å². The van der Waals surface area contributed by atoms with Gasteiger partial charge in [0.05, 0.1) is 6.61 Å². The van der Waals surface area contributed by atoms with Gasteiger partial charge in [-0.15, -0.1) is 0 Å². The highest BCUT2D eigenvalue weighted by Gasteiger charge is 2.41. The van der Waals surface area contributed by atoms with Gasteiger partial charge < -0.3 is 0 Å². The van der Waals surface area contributed by atoms with E-state index in [9.17, 15) is 0 Å². The van der Waals surface area contributed by atoms with Gasteiger partial charge in [0, 0.05) is 36.1 Å². The van der Waals surface area contributed by atoms with Crippen molar-refractivity contribution in [1.29, 1.82) is 0 Å². The largest absolute Gasteiger partial charge is 0.299 e. The van der Waals surface area contributed by atoms with Crippen LogP contribution in [0.1, 0.15) is 18.0 Å². The molecule has 4 heteroatoms. The van der Waals surface area contributed by atoms with Gasteiger partial charge in [0.25, 0.3) is 0 Å². The Kier molecular flexibility index (Phi) is 3.45. The molecule has 0 amide bonds. The molecule has 0 aromatic heterocycles. The summed E-state index contributed by atoms with van der Waals surface area (Å²) in [6.45, 7) is 1.99. The third-order valence-corrected chi connectivity index (χ3v) is 4.75. The van der Waals surface area contributed by atoms with Gasteiger partial charge in [-0.1, -0.05) is 28.1 Å². The Labute approximate surface area is 117 Å². The molecule has 3 nitrogen and oxygen atoms in total. The van der Waals surface area contributed by atoms with E-state index in [0.717, 1.165) is 24.0 Å². The SMILES string of the molecule is CN1C[C@H]2CON(C)[C@H]2C[C@H]1c1cccc(Br)c1. The molecule has 1 aromatic rings. The predicted octanol–water partition coefficient (Wildman–Crippen LogP) is 2.69. The lowest BCUT2D eigenvalue weighted by molar-refractivity contribution is -0.114. The molecular weight excluding hydrogens is 292 g/mol. The zero-order chi connectivity index (χ0) is 12.7. The van der Waals surface area contributed by atoms with Gasteiger partial charge in [-0.2, -0.15) is 5.06 Å². The van der Waals surface area contributed by atoms with Gasteiger partial charge >= 0.3 is 0 Å². The van der Waals surface area contributed by atoms with Crippen molar-refractivity contribution in [1.82, 2.24) is 9.96 Å². The maximum absolute atomic E-state index is 5.65. The van der Waals surface area contributed by atoms with Crippen molar-refractivity contribution in [3.63, 3.8) is 0 Å². The normalized spacial score (nSPS) is 33.6. The number of likely N-dealkylation sites (tertiary alicyclic amines) is 1. The van der Waals surface area contributed by atoms with Crippen LogP contribution >= 0.6 is 15.9 Å². The number of fused-ring (bicyclic) bond motifs is 1. The van der Waals surface area contributed by atoms with Crippen molar-refractivity contribution in [3.05, 3.63) is 34.3 Å². The lowest BCUT2D eigenvalue weighted by atomic mass is 9.86. The monoisotopic (exact) mass is 310 g/mol. The summed E-state index contributed by atoms with van der Waals surface area (Å²) in [5, 5.41) is 2.06. The molecule has 0 unspecified atom stereocenters. The summed E-state index contributed by atoms with van der Waals surface area (Å²) in [6, 6.07) is 9.71. The number of hydrogen-bond acceptors (Lipinski definition) is 3. The van der Waals surface area contributed by atoms with Crippen molar-refractivity contribution in [3.8, 4) is 0 Å². The number of hydrogen-bond donors (Lipinski definition) is 0. The van der Waals surface area contributed by atoms with Crippen LogP contribution in [-0.2, 0) is 4.84 Å². The number of rotatable bonds is 1. The molecule has 0 saturated carbocycles. The molecule has 18 heavy (non-hydrogen) atoms. The predicted molar refractivity (Wildman–Crippen MR) is 75.1 cm³/mol. The molecule has 1 aromatic carbocycles. The maximum Gasteiger partial charge on any atom is 0.0741 e. The summed E-state index contributed by atoms with van der Waals surface area (Å²) >= 11 is 3.56. The second kappa shape index (κ2) is 4.93. The molecule has 0 N–H and O–H groups in total. The fourth-order valence-corrected chi connectivity index (χ4v) is 3.66. The number of hydroxylamine groups is 2. The van der Waals surface area contributed by atoms with Crippen LogP contribution in [-0.4, -0.2) is 43.3 Å². The fourth-order valence-electron chi connectivity index (χ4n) is 3.24. The van der Waals surface area contributed by atoms with Crippen LogP contribution in [0, 0.1) is 5.92 Å². The molecule has 2 aliphatic heterocycles.